The molecular formula is C21H24N4O3. The second-order valence-corrected chi connectivity index (χ2v) is 7.61. The number of amides is 3. The molecule has 2 aromatic heterocycles. The van der Waals surface area contributed by atoms with E-state index < -0.39 is 5.41 Å². The van der Waals surface area contributed by atoms with Crippen LogP contribution in [0.3, 0.4) is 0 Å². The van der Waals surface area contributed by atoms with Crippen LogP contribution in [0.25, 0.3) is 0 Å². The minimum atomic E-state index is -0.806. The highest BCUT2D eigenvalue weighted by atomic mass is 16.2. The van der Waals surface area contributed by atoms with Gasteiger partial charge in [-0.3, -0.25) is 29.7 Å². The van der Waals surface area contributed by atoms with Crippen molar-refractivity contribution in [2.24, 2.45) is 5.41 Å². The molecule has 0 aromatic carbocycles. The maximum atomic E-state index is 12.4. The first-order valence-electron chi connectivity index (χ1n) is 9.21. The van der Waals surface area contributed by atoms with E-state index in [1.165, 1.54) is 0 Å². The van der Waals surface area contributed by atoms with Crippen LogP contribution in [0.1, 0.15) is 59.2 Å². The number of carbonyl (C=O) groups is 3. The Labute approximate surface area is 164 Å². The van der Waals surface area contributed by atoms with E-state index in [1.807, 2.05) is 32.9 Å². The van der Waals surface area contributed by atoms with Gasteiger partial charge >= 0.3 is 0 Å². The summed E-state index contributed by atoms with van der Waals surface area (Å²) in [6.45, 7) is 7.89. The molecule has 0 saturated carbocycles. The Kier molecular flexibility index (Phi) is 5.27. The number of aromatic nitrogens is 2. The molecule has 1 aliphatic heterocycles. The summed E-state index contributed by atoms with van der Waals surface area (Å²) >= 11 is 0. The van der Waals surface area contributed by atoms with E-state index in [9.17, 15) is 14.4 Å². The molecule has 2 atom stereocenters. The summed E-state index contributed by atoms with van der Waals surface area (Å²) in [5.41, 5.74) is 3.10. The van der Waals surface area contributed by atoms with Crippen LogP contribution in [0.15, 0.2) is 30.5 Å². The average Bonchev–Trinajstić information content (AvgIpc) is 2.91. The summed E-state index contributed by atoms with van der Waals surface area (Å²) in [4.78, 5) is 44.7. The van der Waals surface area contributed by atoms with Gasteiger partial charge in [0.1, 0.15) is 5.69 Å². The summed E-state index contributed by atoms with van der Waals surface area (Å²) in [6, 6.07) is 7.29. The minimum absolute atomic E-state index is 0.153. The van der Waals surface area contributed by atoms with Gasteiger partial charge in [0.05, 0.1) is 5.41 Å². The van der Waals surface area contributed by atoms with Gasteiger partial charge in [-0.15, -0.1) is 0 Å². The second-order valence-electron chi connectivity index (χ2n) is 7.61. The molecular weight excluding hydrogens is 356 g/mol. The summed E-state index contributed by atoms with van der Waals surface area (Å²) in [7, 11) is 0. The molecule has 1 fully saturated rings. The van der Waals surface area contributed by atoms with Gasteiger partial charge in [-0.05, 0) is 56.0 Å². The molecule has 0 radical (unpaired) electrons. The molecule has 7 heteroatoms. The SMILES string of the molecule is Cc1cc(CNC(=O)c2ccc(C(C)[C@]3(C)CC(=O)NC3=O)cn2)cc(C)n1. The smallest absolute Gasteiger partial charge is 0.270 e. The number of nitrogens with one attached hydrogen (secondary N) is 2. The zero-order chi connectivity index (χ0) is 20.5. The molecule has 1 unspecified atom stereocenters. The number of hydrogen-bond acceptors (Lipinski definition) is 5. The number of rotatable bonds is 5. The minimum Gasteiger partial charge on any atom is -0.347 e. The van der Waals surface area contributed by atoms with Crippen LogP contribution in [0, 0.1) is 19.3 Å². The van der Waals surface area contributed by atoms with Crippen molar-refractivity contribution in [3.8, 4) is 0 Å². The summed E-state index contributed by atoms with van der Waals surface area (Å²) in [5, 5.41) is 5.22. The lowest BCUT2D eigenvalue weighted by molar-refractivity contribution is -0.128. The zero-order valence-corrected chi connectivity index (χ0v) is 16.5. The lowest BCUT2D eigenvalue weighted by Gasteiger charge is -2.27. The number of aryl methyl sites for hydroxylation is 2. The maximum absolute atomic E-state index is 12.4. The quantitative estimate of drug-likeness (QED) is 0.774. The Morgan fingerprint density at radius 3 is 2.46 bits per heavy atom. The van der Waals surface area contributed by atoms with Crippen molar-refractivity contribution >= 4 is 17.7 Å². The molecule has 2 N–H and O–H groups in total. The van der Waals surface area contributed by atoms with Gasteiger partial charge in [-0.2, -0.15) is 0 Å². The number of carbonyl (C=O) groups excluding carboxylic acids is 3. The predicted molar refractivity (Wildman–Crippen MR) is 103 cm³/mol. The number of pyridine rings is 2. The number of imide groups is 1. The largest absolute Gasteiger partial charge is 0.347 e. The van der Waals surface area contributed by atoms with E-state index in [4.69, 9.17) is 0 Å². The van der Waals surface area contributed by atoms with E-state index >= 15 is 0 Å². The predicted octanol–water partition coefficient (Wildman–Crippen LogP) is 2.18. The van der Waals surface area contributed by atoms with Crippen molar-refractivity contribution in [2.75, 3.05) is 0 Å². The molecule has 146 valence electrons. The van der Waals surface area contributed by atoms with E-state index in [-0.39, 0.29) is 30.1 Å². The van der Waals surface area contributed by atoms with Gasteiger partial charge < -0.3 is 5.32 Å². The van der Waals surface area contributed by atoms with Gasteiger partial charge in [-0.25, -0.2) is 0 Å². The normalized spacial score (nSPS) is 20.0. The van der Waals surface area contributed by atoms with Crippen LogP contribution in [0.5, 0.6) is 0 Å². The lowest BCUT2D eigenvalue weighted by atomic mass is 9.73. The van der Waals surface area contributed by atoms with Gasteiger partial charge in [-0.1, -0.05) is 13.0 Å². The Morgan fingerprint density at radius 1 is 1.25 bits per heavy atom. The fourth-order valence-corrected chi connectivity index (χ4v) is 3.54. The fourth-order valence-electron chi connectivity index (χ4n) is 3.54. The van der Waals surface area contributed by atoms with E-state index in [0.29, 0.717) is 12.2 Å². The third-order valence-electron chi connectivity index (χ3n) is 5.37. The topological polar surface area (TPSA) is 101 Å². The van der Waals surface area contributed by atoms with Gasteiger partial charge in [0.25, 0.3) is 5.91 Å². The standard InChI is InChI=1S/C21H24N4O3/c1-12-7-15(8-13(2)24-12)10-23-19(27)17-6-5-16(11-22-17)14(3)21(4)9-18(26)25-20(21)28/h5-8,11,14H,9-10H2,1-4H3,(H,23,27)(H,25,26,28)/t14?,21-/m0/s1. The molecule has 1 saturated heterocycles. The Bertz CT molecular complexity index is 919. The molecule has 0 aliphatic carbocycles. The van der Waals surface area contributed by atoms with Crippen molar-refractivity contribution in [1.82, 2.24) is 20.6 Å². The van der Waals surface area contributed by atoms with Crippen molar-refractivity contribution in [3.05, 3.63) is 58.7 Å². The first-order valence-corrected chi connectivity index (χ1v) is 9.21. The third-order valence-corrected chi connectivity index (χ3v) is 5.37. The zero-order valence-electron chi connectivity index (χ0n) is 16.5. The van der Waals surface area contributed by atoms with Crippen LogP contribution >= 0.6 is 0 Å². The van der Waals surface area contributed by atoms with Crippen LogP contribution in [0.4, 0.5) is 0 Å². The molecule has 3 amide bonds. The van der Waals surface area contributed by atoms with Crippen LogP contribution in [-0.4, -0.2) is 27.7 Å². The van der Waals surface area contributed by atoms with Crippen molar-refractivity contribution in [2.45, 2.75) is 46.6 Å². The molecule has 2 aromatic rings. The molecule has 28 heavy (non-hydrogen) atoms. The molecule has 3 rings (SSSR count). The van der Waals surface area contributed by atoms with Crippen molar-refractivity contribution in [1.29, 1.82) is 0 Å². The monoisotopic (exact) mass is 380 g/mol. The van der Waals surface area contributed by atoms with Crippen LogP contribution in [-0.2, 0) is 16.1 Å². The highest BCUT2D eigenvalue weighted by Crippen LogP contribution is 2.41. The summed E-state index contributed by atoms with van der Waals surface area (Å²) in [6.07, 6.45) is 1.75. The van der Waals surface area contributed by atoms with Crippen LogP contribution in [0.2, 0.25) is 0 Å². The fraction of sp³-hybridized carbons (Fsp3) is 0.381. The van der Waals surface area contributed by atoms with Gasteiger partial charge in [0.2, 0.25) is 11.8 Å². The van der Waals surface area contributed by atoms with Gasteiger partial charge in [0, 0.05) is 30.6 Å². The number of hydrogen-bond donors (Lipinski definition) is 2. The summed E-state index contributed by atoms with van der Waals surface area (Å²) in [5.74, 6) is -1.00. The number of nitrogens with zero attached hydrogens (tertiary/aromatic N) is 2. The maximum Gasteiger partial charge on any atom is 0.270 e. The van der Waals surface area contributed by atoms with E-state index in [2.05, 4.69) is 20.6 Å². The first kappa shape index (κ1) is 19.7. The van der Waals surface area contributed by atoms with Crippen molar-refractivity contribution < 1.29 is 14.4 Å². The first-order chi connectivity index (χ1) is 13.2. The average molecular weight is 380 g/mol. The molecule has 1 aliphatic rings. The Morgan fingerprint density at radius 2 is 1.93 bits per heavy atom. The highest BCUT2D eigenvalue weighted by Gasteiger charge is 2.47. The van der Waals surface area contributed by atoms with Gasteiger partial charge in [0.15, 0.2) is 0 Å². The summed E-state index contributed by atoms with van der Waals surface area (Å²) < 4.78 is 0. The van der Waals surface area contributed by atoms with E-state index in [0.717, 1.165) is 22.5 Å². The molecule has 0 spiro atoms. The second kappa shape index (κ2) is 7.50. The highest BCUT2D eigenvalue weighted by molar-refractivity contribution is 6.06. The van der Waals surface area contributed by atoms with Crippen molar-refractivity contribution in [3.63, 3.8) is 0 Å². The van der Waals surface area contributed by atoms with E-state index in [1.54, 1.807) is 25.3 Å². The third kappa shape index (κ3) is 3.93. The Hall–Kier alpha value is -3.09. The van der Waals surface area contributed by atoms with Crippen LogP contribution < -0.4 is 10.6 Å². The lowest BCUT2D eigenvalue weighted by Crippen LogP contribution is -2.33. The molecule has 7 nitrogen and oxygen atoms in total. The molecule has 0 bridgehead atoms. The Balaban J connectivity index is 1.67. The molecule has 3 heterocycles.